The smallest absolute Gasteiger partial charge is 0.227 e. The second-order valence-corrected chi connectivity index (χ2v) is 7.10. The Morgan fingerprint density at radius 2 is 1.91 bits per heavy atom. The lowest BCUT2D eigenvalue weighted by Crippen LogP contribution is -2.57. The Kier molecular flexibility index (Phi) is 8.08. The first-order chi connectivity index (χ1) is 10.1. The summed E-state index contributed by atoms with van der Waals surface area (Å²) in [5.74, 6) is 1.58. The predicted molar refractivity (Wildman–Crippen MR) is 96.3 cm³/mol. The summed E-state index contributed by atoms with van der Waals surface area (Å²) in [6, 6.07) is 0.519. The molecule has 2 saturated carbocycles. The van der Waals surface area contributed by atoms with E-state index in [0.717, 1.165) is 32.8 Å². The topological polar surface area (TPSA) is 58.8 Å². The molecule has 3 fully saturated rings. The fourth-order valence-electron chi connectivity index (χ4n) is 4.65. The first-order valence-corrected chi connectivity index (χ1v) is 8.39. The lowest BCUT2D eigenvalue weighted by Gasteiger charge is -2.42. The minimum atomic E-state index is 0. The number of amides is 1. The van der Waals surface area contributed by atoms with Crippen LogP contribution in [0.5, 0.6) is 0 Å². The van der Waals surface area contributed by atoms with Crippen LogP contribution in [0, 0.1) is 17.8 Å². The van der Waals surface area contributed by atoms with Crippen molar-refractivity contribution in [1.82, 2.24) is 9.80 Å². The zero-order valence-corrected chi connectivity index (χ0v) is 15.8. The highest BCUT2D eigenvalue weighted by Gasteiger charge is 2.50. The van der Waals surface area contributed by atoms with Crippen LogP contribution in [-0.2, 0) is 9.53 Å². The van der Waals surface area contributed by atoms with Gasteiger partial charge in [-0.3, -0.25) is 9.69 Å². The van der Waals surface area contributed by atoms with E-state index in [1.54, 1.807) is 7.11 Å². The number of hydrogen-bond acceptors (Lipinski definition) is 4. The van der Waals surface area contributed by atoms with Crippen molar-refractivity contribution in [2.24, 2.45) is 23.5 Å². The molecule has 5 atom stereocenters. The molecule has 5 unspecified atom stereocenters. The van der Waals surface area contributed by atoms with Gasteiger partial charge in [-0.15, -0.1) is 24.8 Å². The normalized spacial score (nSPS) is 36.5. The van der Waals surface area contributed by atoms with E-state index >= 15 is 0 Å². The first kappa shape index (κ1) is 21.0. The average molecular weight is 368 g/mol. The van der Waals surface area contributed by atoms with Crippen molar-refractivity contribution >= 4 is 30.7 Å². The van der Waals surface area contributed by atoms with Crippen molar-refractivity contribution < 1.29 is 9.53 Å². The Hall–Kier alpha value is -0.0700. The number of piperazine rings is 1. The summed E-state index contributed by atoms with van der Waals surface area (Å²) in [6.45, 7) is 6.54. The summed E-state index contributed by atoms with van der Waals surface area (Å²) in [5, 5.41) is 0. The van der Waals surface area contributed by atoms with Crippen LogP contribution in [0.4, 0.5) is 0 Å². The maximum absolute atomic E-state index is 12.9. The van der Waals surface area contributed by atoms with Crippen molar-refractivity contribution in [1.29, 1.82) is 0 Å². The molecule has 7 heteroatoms. The SMILES string of the molecule is COCCN1CCN(C(=O)C2C3CCC(C3)C2N)CC1C.Cl.Cl. The molecule has 1 heterocycles. The van der Waals surface area contributed by atoms with Gasteiger partial charge in [-0.05, 0) is 38.0 Å². The molecule has 23 heavy (non-hydrogen) atoms. The monoisotopic (exact) mass is 367 g/mol. The highest BCUT2D eigenvalue weighted by Crippen LogP contribution is 2.48. The number of ether oxygens (including phenoxy) is 1. The molecule has 136 valence electrons. The molecule has 2 aliphatic carbocycles. The number of hydrogen-bond donors (Lipinski definition) is 1. The number of rotatable bonds is 4. The summed E-state index contributed by atoms with van der Waals surface area (Å²) in [4.78, 5) is 17.3. The molecule has 1 amide bonds. The van der Waals surface area contributed by atoms with E-state index in [4.69, 9.17) is 10.5 Å². The molecule has 0 aromatic rings. The van der Waals surface area contributed by atoms with Crippen molar-refractivity contribution in [3.05, 3.63) is 0 Å². The van der Waals surface area contributed by atoms with Crippen LogP contribution in [0.25, 0.3) is 0 Å². The Morgan fingerprint density at radius 3 is 2.48 bits per heavy atom. The lowest BCUT2D eigenvalue weighted by molar-refractivity contribution is -0.140. The number of nitrogens with two attached hydrogens (primary N) is 1. The molecule has 5 nitrogen and oxygen atoms in total. The van der Waals surface area contributed by atoms with Gasteiger partial charge in [-0.25, -0.2) is 0 Å². The summed E-state index contributed by atoms with van der Waals surface area (Å²) in [7, 11) is 1.74. The molecule has 1 aliphatic heterocycles. The van der Waals surface area contributed by atoms with Gasteiger partial charge < -0.3 is 15.4 Å². The van der Waals surface area contributed by atoms with Gasteiger partial charge >= 0.3 is 0 Å². The number of carbonyl (C=O) groups excluding carboxylic acids is 1. The Bertz CT molecular complexity index is 398. The van der Waals surface area contributed by atoms with Crippen LogP contribution in [0.15, 0.2) is 0 Å². The highest BCUT2D eigenvalue weighted by atomic mass is 35.5. The van der Waals surface area contributed by atoms with Crippen LogP contribution in [0.3, 0.4) is 0 Å². The van der Waals surface area contributed by atoms with Gasteiger partial charge in [-0.1, -0.05) is 0 Å². The largest absolute Gasteiger partial charge is 0.383 e. The summed E-state index contributed by atoms with van der Waals surface area (Å²) in [6.07, 6.45) is 3.62. The molecule has 0 radical (unpaired) electrons. The second-order valence-electron chi connectivity index (χ2n) is 7.10. The third kappa shape index (κ3) is 4.13. The van der Waals surface area contributed by atoms with Crippen LogP contribution >= 0.6 is 24.8 Å². The number of nitrogens with zero attached hydrogens (tertiary/aromatic N) is 2. The van der Waals surface area contributed by atoms with E-state index in [-0.39, 0.29) is 36.8 Å². The quantitative estimate of drug-likeness (QED) is 0.815. The van der Waals surface area contributed by atoms with Crippen molar-refractivity contribution in [2.75, 3.05) is 39.9 Å². The van der Waals surface area contributed by atoms with Crippen LogP contribution in [0.1, 0.15) is 26.2 Å². The number of carbonyl (C=O) groups is 1. The van der Waals surface area contributed by atoms with Gasteiger partial charge in [0.2, 0.25) is 5.91 Å². The van der Waals surface area contributed by atoms with Crippen molar-refractivity contribution in [2.45, 2.75) is 38.3 Å². The Morgan fingerprint density at radius 1 is 1.22 bits per heavy atom. The standard InChI is InChI=1S/C16H29N3O2.2ClH/c1-11-10-19(6-5-18(11)7-8-21-2)16(20)14-12-3-4-13(9-12)15(14)17;;/h11-15H,3-10,17H2,1-2H3;2*1H. The van der Waals surface area contributed by atoms with E-state index in [1.165, 1.54) is 19.3 Å². The van der Waals surface area contributed by atoms with Gasteiger partial charge in [-0.2, -0.15) is 0 Å². The van der Waals surface area contributed by atoms with E-state index in [1.807, 2.05) is 0 Å². The van der Waals surface area contributed by atoms with Gasteiger partial charge in [0.1, 0.15) is 0 Å². The van der Waals surface area contributed by atoms with Crippen molar-refractivity contribution in [3.63, 3.8) is 0 Å². The molecule has 1 saturated heterocycles. The van der Waals surface area contributed by atoms with E-state index in [9.17, 15) is 4.79 Å². The fraction of sp³-hybridized carbons (Fsp3) is 0.938. The third-order valence-electron chi connectivity index (χ3n) is 5.93. The van der Waals surface area contributed by atoms with E-state index < -0.39 is 0 Å². The minimum absolute atomic E-state index is 0. The average Bonchev–Trinajstić information content (AvgIpc) is 3.06. The van der Waals surface area contributed by atoms with Crippen LogP contribution < -0.4 is 5.73 Å². The Balaban J connectivity index is 0.00000132. The molecule has 3 rings (SSSR count). The molecule has 0 aromatic carbocycles. The van der Waals surface area contributed by atoms with E-state index in [0.29, 0.717) is 23.8 Å². The van der Waals surface area contributed by atoms with Crippen LogP contribution in [-0.4, -0.2) is 67.7 Å². The lowest BCUT2D eigenvalue weighted by atomic mass is 9.83. The number of methoxy groups -OCH3 is 1. The summed E-state index contributed by atoms with van der Waals surface area (Å²) in [5.41, 5.74) is 6.32. The molecule has 2 bridgehead atoms. The van der Waals surface area contributed by atoms with Gasteiger partial charge in [0.05, 0.1) is 12.5 Å². The minimum Gasteiger partial charge on any atom is -0.383 e. The molecular formula is C16H31Cl2N3O2. The molecule has 0 spiro atoms. The van der Waals surface area contributed by atoms with Crippen LogP contribution in [0.2, 0.25) is 0 Å². The van der Waals surface area contributed by atoms with Gasteiger partial charge in [0, 0.05) is 45.4 Å². The Labute approximate surface area is 152 Å². The summed E-state index contributed by atoms with van der Waals surface area (Å²) >= 11 is 0. The van der Waals surface area contributed by atoms with Crippen molar-refractivity contribution in [3.8, 4) is 0 Å². The molecule has 3 aliphatic rings. The predicted octanol–water partition coefficient (Wildman–Crippen LogP) is 1.38. The maximum atomic E-state index is 12.9. The third-order valence-corrected chi connectivity index (χ3v) is 5.93. The van der Waals surface area contributed by atoms with E-state index in [2.05, 4.69) is 16.7 Å². The zero-order chi connectivity index (χ0) is 15.0. The first-order valence-electron chi connectivity index (χ1n) is 8.39. The summed E-state index contributed by atoms with van der Waals surface area (Å²) < 4.78 is 5.16. The molecule has 0 aromatic heterocycles. The number of fused-ring (bicyclic) bond motifs is 2. The zero-order valence-electron chi connectivity index (χ0n) is 14.1. The molecule has 2 N–H and O–H groups in total. The highest BCUT2D eigenvalue weighted by molar-refractivity contribution is 5.85. The van der Waals surface area contributed by atoms with Gasteiger partial charge in [0.15, 0.2) is 0 Å². The number of halogens is 2. The van der Waals surface area contributed by atoms with Gasteiger partial charge in [0.25, 0.3) is 0 Å². The second kappa shape index (κ2) is 8.86. The maximum Gasteiger partial charge on any atom is 0.227 e. The molecular weight excluding hydrogens is 337 g/mol. The fourth-order valence-corrected chi connectivity index (χ4v) is 4.65.